The molecule has 0 fully saturated rings. The molecule has 0 aromatic heterocycles. The molecule has 0 spiro atoms. The third kappa shape index (κ3) is 5.14. The SMILES string of the molecule is COc1ccc(CNC(=O)COC(=O)[C@H]2COc3ccc(Cl)cc3C2)cc1. The van der Waals surface area contributed by atoms with Crippen molar-refractivity contribution in [3.8, 4) is 11.5 Å². The van der Waals surface area contributed by atoms with E-state index in [1.54, 1.807) is 25.3 Å². The van der Waals surface area contributed by atoms with E-state index in [2.05, 4.69) is 5.32 Å². The molecule has 1 heterocycles. The molecular formula is C20H20ClNO5. The smallest absolute Gasteiger partial charge is 0.313 e. The van der Waals surface area contributed by atoms with Crippen LogP contribution >= 0.6 is 11.6 Å². The fraction of sp³-hybridized carbons (Fsp3) is 0.300. The van der Waals surface area contributed by atoms with Gasteiger partial charge >= 0.3 is 5.97 Å². The highest BCUT2D eigenvalue weighted by atomic mass is 35.5. The van der Waals surface area contributed by atoms with E-state index >= 15 is 0 Å². The summed E-state index contributed by atoms with van der Waals surface area (Å²) in [6, 6.07) is 12.6. The van der Waals surface area contributed by atoms with E-state index in [4.69, 9.17) is 25.8 Å². The normalized spacial score (nSPS) is 15.3. The Kier molecular flexibility index (Phi) is 6.19. The van der Waals surface area contributed by atoms with E-state index in [-0.39, 0.29) is 19.1 Å². The van der Waals surface area contributed by atoms with Gasteiger partial charge in [0.1, 0.15) is 18.1 Å². The molecule has 0 saturated carbocycles. The Hall–Kier alpha value is -2.73. The maximum Gasteiger partial charge on any atom is 0.313 e. The summed E-state index contributed by atoms with van der Waals surface area (Å²) < 4.78 is 15.8. The quantitative estimate of drug-likeness (QED) is 0.769. The highest BCUT2D eigenvalue weighted by molar-refractivity contribution is 6.30. The predicted molar refractivity (Wildman–Crippen MR) is 99.9 cm³/mol. The van der Waals surface area contributed by atoms with E-state index in [9.17, 15) is 9.59 Å². The zero-order valence-electron chi connectivity index (χ0n) is 14.9. The number of ether oxygens (including phenoxy) is 3. The molecule has 0 unspecified atom stereocenters. The topological polar surface area (TPSA) is 73.9 Å². The Labute approximate surface area is 162 Å². The first-order chi connectivity index (χ1) is 13.0. The number of fused-ring (bicyclic) bond motifs is 1. The summed E-state index contributed by atoms with van der Waals surface area (Å²) in [6.07, 6.45) is 0.474. The van der Waals surface area contributed by atoms with Crippen molar-refractivity contribution < 1.29 is 23.8 Å². The predicted octanol–water partition coefficient (Wildman–Crippen LogP) is 2.76. The minimum atomic E-state index is -0.458. The summed E-state index contributed by atoms with van der Waals surface area (Å²) in [6.45, 7) is 0.244. The monoisotopic (exact) mass is 389 g/mol. The summed E-state index contributed by atoms with van der Waals surface area (Å²) >= 11 is 5.98. The number of nitrogens with one attached hydrogen (secondary N) is 1. The number of hydrogen-bond donors (Lipinski definition) is 1. The van der Waals surface area contributed by atoms with E-state index < -0.39 is 11.9 Å². The molecule has 1 atom stereocenters. The average molecular weight is 390 g/mol. The van der Waals surface area contributed by atoms with Crippen molar-refractivity contribution in [1.29, 1.82) is 0 Å². The van der Waals surface area contributed by atoms with Gasteiger partial charge in [0.2, 0.25) is 0 Å². The number of carbonyl (C=O) groups is 2. The number of methoxy groups -OCH3 is 1. The van der Waals surface area contributed by atoms with Gasteiger partial charge in [-0.2, -0.15) is 0 Å². The van der Waals surface area contributed by atoms with Crippen molar-refractivity contribution in [3.63, 3.8) is 0 Å². The summed E-state index contributed by atoms with van der Waals surface area (Å²) in [5, 5.41) is 3.30. The maximum absolute atomic E-state index is 12.2. The summed E-state index contributed by atoms with van der Waals surface area (Å²) in [7, 11) is 1.59. The van der Waals surface area contributed by atoms with Gasteiger partial charge in [0, 0.05) is 11.6 Å². The zero-order valence-corrected chi connectivity index (χ0v) is 15.6. The number of amides is 1. The number of carbonyl (C=O) groups excluding carboxylic acids is 2. The van der Waals surface area contributed by atoms with Crippen molar-refractivity contribution in [3.05, 3.63) is 58.6 Å². The lowest BCUT2D eigenvalue weighted by Gasteiger charge is -2.24. The van der Waals surface area contributed by atoms with Crippen LogP contribution in [0.1, 0.15) is 11.1 Å². The lowest BCUT2D eigenvalue weighted by atomic mass is 9.97. The minimum absolute atomic E-state index is 0.223. The Bertz CT molecular complexity index is 822. The van der Waals surface area contributed by atoms with Gasteiger partial charge in [-0.05, 0) is 47.9 Å². The Morgan fingerprint density at radius 3 is 2.74 bits per heavy atom. The molecule has 0 aliphatic carbocycles. The molecule has 1 aliphatic heterocycles. The van der Waals surface area contributed by atoms with Crippen LogP contribution < -0.4 is 14.8 Å². The van der Waals surface area contributed by atoms with Crippen LogP contribution in [0, 0.1) is 5.92 Å². The molecule has 1 N–H and O–H groups in total. The standard InChI is InChI=1S/C20H20ClNO5/c1-25-17-5-2-13(3-6-17)10-22-19(23)12-27-20(24)15-8-14-9-16(21)4-7-18(14)26-11-15/h2-7,9,15H,8,10-12H2,1H3,(H,22,23)/t15-/m1/s1. The van der Waals surface area contributed by atoms with E-state index in [1.165, 1.54) is 0 Å². The van der Waals surface area contributed by atoms with Gasteiger partial charge in [-0.15, -0.1) is 0 Å². The molecular weight excluding hydrogens is 370 g/mol. The summed E-state index contributed by atoms with van der Waals surface area (Å²) in [5.41, 5.74) is 1.78. The second-order valence-electron chi connectivity index (χ2n) is 6.20. The molecule has 0 bridgehead atoms. The van der Waals surface area contributed by atoms with Gasteiger partial charge in [-0.1, -0.05) is 23.7 Å². The van der Waals surface area contributed by atoms with Gasteiger partial charge in [-0.3, -0.25) is 9.59 Å². The van der Waals surface area contributed by atoms with E-state index in [0.29, 0.717) is 18.0 Å². The number of rotatable bonds is 6. The molecule has 0 saturated heterocycles. The lowest BCUT2D eigenvalue weighted by Crippen LogP contribution is -2.33. The second kappa shape index (κ2) is 8.77. The molecule has 1 amide bonds. The Morgan fingerprint density at radius 1 is 1.22 bits per heavy atom. The minimum Gasteiger partial charge on any atom is -0.497 e. The van der Waals surface area contributed by atoms with Crippen LogP contribution in [0.5, 0.6) is 11.5 Å². The Morgan fingerprint density at radius 2 is 2.00 bits per heavy atom. The lowest BCUT2D eigenvalue weighted by molar-refractivity contribution is -0.153. The first-order valence-corrected chi connectivity index (χ1v) is 8.90. The van der Waals surface area contributed by atoms with Crippen LogP contribution in [0.15, 0.2) is 42.5 Å². The van der Waals surface area contributed by atoms with Crippen molar-refractivity contribution in [1.82, 2.24) is 5.32 Å². The van der Waals surface area contributed by atoms with Gasteiger partial charge in [0.05, 0.1) is 13.0 Å². The van der Waals surface area contributed by atoms with Gasteiger partial charge in [-0.25, -0.2) is 0 Å². The van der Waals surface area contributed by atoms with Gasteiger partial charge in [0.15, 0.2) is 6.61 Å². The third-order valence-electron chi connectivity index (χ3n) is 4.26. The van der Waals surface area contributed by atoms with Crippen LogP contribution in [-0.4, -0.2) is 32.2 Å². The van der Waals surface area contributed by atoms with Crippen molar-refractivity contribution in [2.24, 2.45) is 5.92 Å². The fourth-order valence-electron chi connectivity index (χ4n) is 2.76. The second-order valence-corrected chi connectivity index (χ2v) is 6.63. The number of hydrogen-bond acceptors (Lipinski definition) is 5. The van der Waals surface area contributed by atoms with Crippen LogP contribution in [0.4, 0.5) is 0 Å². The van der Waals surface area contributed by atoms with Gasteiger partial charge < -0.3 is 19.5 Å². The largest absolute Gasteiger partial charge is 0.497 e. The molecule has 27 heavy (non-hydrogen) atoms. The van der Waals surface area contributed by atoms with Crippen LogP contribution in [0.25, 0.3) is 0 Å². The van der Waals surface area contributed by atoms with Gasteiger partial charge in [0.25, 0.3) is 5.91 Å². The molecule has 3 rings (SSSR count). The molecule has 7 heteroatoms. The number of halogens is 1. The van der Waals surface area contributed by atoms with Crippen molar-refractivity contribution in [2.75, 3.05) is 20.3 Å². The molecule has 1 aliphatic rings. The van der Waals surface area contributed by atoms with E-state index in [0.717, 1.165) is 22.6 Å². The van der Waals surface area contributed by atoms with Crippen molar-refractivity contribution >= 4 is 23.5 Å². The first kappa shape index (κ1) is 19.0. The Balaban J connectivity index is 1.44. The average Bonchev–Trinajstić information content (AvgIpc) is 2.70. The number of benzene rings is 2. The maximum atomic E-state index is 12.2. The molecule has 0 radical (unpaired) electrons. The first-order valence-electron chi connectivity index (χ1n) is 8.52. The fourth-order valence-corrected chi connectivity index (χ4v) is 2.96. The summed E-state index contributed by atoms with van der Waals surface area (Å²) in [5.74, 6) is 0.196. The molecule has 6 nitrogen and oxygen atoms in total. The molecule has 142 valence electrons. The molecule has 2 aromatic carbocycles. The zero-order chi connectivity index (χ0) is 19.2. The van der Waals surface area contributed by atoms with Crippen LogP contribution in [0.2, 0.25) is 5.02 Å². The van der Waals surface area contributed by atoms with Crippen molar-refractivity contribution in [2.45, 2.75) is 13.0 Å². The highest BCUT2D eigenvalue weighted by Gasteiger charge is 2.27. The number of esters is 1. The third-order valence-corrected chi connectivity index (χ3v) is 4.49. The van der Waals surface area contributed by atoms with Crippen LogP contribution in [-0.2, 0) is 27.3 Å². The highest BCUT2D eigenvalue weighted by Crippen LogP contribution is 2.30. The van der Waals surface area contributed by atoms with E-state index in [1.807, 2.05) is 24.3 Å². The van der Waals surface area contributed by atoms with Crippen LogP contribution in [0.3, 0.4) is 0 Å². The summed E-state index contributed by atoms with van der Waals surface area (Å²) in [4.78, 5) is 24.1. The molecule has 2 aromatic rings.